The van der Waals surface area contributed by atoms with Crippen molar-refractivity contribution >= 4 is 32.6 Å². The third kappa shape index (κ3) is 12.7. The van der Waals surface area contributed by atoms with Gasteiger partial charge in [0.2, 0.25) is 0 Å². The smallest absolute Gasteiger partial charge is 0.145 e. The first-order valence-corrected chi connectivity index (χ1v) is 17.5. The summed E-state index contributed by atoms with van der Waals surface area (Å²) in [7, 11) is -2.31. The maximum Gasteiger partial charge on any atom is 0.145 e. The van der Waals surface area contributed by atoms with Gasteiger partial charge in [-0.15, -0.1) is 6.42 Å². The average molecular weight is 461 g/mol. The van der Waals surface area contributed by atoms with Crippen molar-refractivity contribution in [2.45, 2.75) is 58.7 Å². The Hall–Kier alpha value is -2.89. The summed E-state index contributed by atoms with van der Waals surface area (Å²) in [4.78, 5) is 0. The van der Waals surface area contributed by atoms with E-state index < -0.39 is 21.7 Å². The molecule has 2 rings (SSSR count). The lowest BCUT2D eigenvalue weighted by Crippen LogP contribution is -2.37. The molecule has 0 atom stereocenters. The molecule has 32 heavy (non-hydrogen) atoms. The molecule has 0 aliphatic rings. The van der Waals surface area contributed by atoms with E-state index in [0.717, 1.165) is 11.1 Å². The van der Waals surface area contributed by atoms with Crippen molar-refractivity contribution in [3.8, 4) is 24.5 Å². The molecule has 1 N–H and O–H groups in total. The van der Waals surface area contributed by atoms with Crippen LogP contribution in [0.2, 0.25) is 39.3 Å². The average Bonchev–Trinajstić information content (AvgIpc) is 2.72. The second-order valence-corrected chi connectivity index (χ2v) is 20.1. The van der Waals surface area contributed by atoms with Crippen LogP contribution < -0.4 is 10.4 Å². The van der Waals surface area contributed by atoms with Crippen molar-refractivity contribution in [3.05, 3.63) is 65.7 Å². The van der Waals surface area contributed by atoms with Gasteiger partial charge in [-0.2, -0.15) is 10.5 Å². The zero-order valence-electron chi connectivity index (χ0n) is 20.7. The number of nitriles is 2. The van der Waals surface area contributed by atoms with Crippen LogP contribution in [0, 0.1) is 35.0 Å². The molecule has 2 aromatic carbocycles. The van der Waals surface area contributed by atoms with E-state index >= 15 is 0 Å². The van der Waals surface area contributed by atoms with Crippen molar-refractivity contribution in [2.75, 3.05) is 0 Å². The van der Waals surface area contributed by atoms with Crippen LogP contribution in [-0.4, -0.2) is 26.9 Å². The number of allylic oxidation sites excluding steroid dienone is 1. The molecule has 0 aromatic heterocycles. The molecule has 0 bridgehead atoms. The first-order chi connectivity index (χ1) is 14.6. The second kappa shape index (κ2) is 12.8. The third-order valence-corrected chi connectivity index (χ3v) is 8.45. The van der Waals surface area contributed by atoms with E-state index in [2.05, 4.69) is 81.6 Å². The van der Waals surface area contributed by atoms with Crippen molar-refractivity contribution in [3.63, 3.8) is 0 Å². The highest BCUT2D eigenvalue weighted by Gasteiger charge is 2.15. The lowest BCUT2D eigenvalue weighted by molar-refractivity contribution is 0.141. The van der Waals surface area contributed by atoms with Gasteiger partial charge in [0.1, 0.15) is 5.60 Å². The van der Waals surface area contributed by atoms with Gasteiger partial charge in [-0.25, -0.2) is 0 Å². The summed E-state index contributed by atoms with van der Waals surface area (Å²) < 4.78 is 0. The molecule has 0 saturated carbocycles. The van der Waals surface area contributed by atoms with Gasteiger partial charge < -0.3 is 5.11 Å². The summed E-state index contributed by atoms with van der Waals surface area (Å²) in [6.45, 7) is 16.8. The fourth-order valence-corrected chi connectivity index (χ4v) is 4.63. The molecule has 0 aliphatic heterocycles. The van der Waals surface area contributed by atoms with E-state index in [9.17, 15) is 0 Å². The summed E-state index contributed by atoms with van der Waals surface area (Å²) >= 11 is 0. The lowest BCUT2D eigenvalue weighted by atomic mass is 10.2. The van der Waals surface area contributed by atoms with Crippen LogP contribution in [0.1, 0.15) is 25.0 Å². The van der Waals surface area contributed by atoms with Crippen LogP contribution in [0.5, 0.6) is 0 Å². The first kappa shape index (κ1) is 29.1. The molecule has 168 valence electrons. The minimum absolute atomic E-state index is 0.969. The fraction of sp³-hybridized carbons (Fsp3) is 0.333. The Bertz CT molecular complexity index is 982. The van der Waals surface area contributed by atoms with E-state index in [1.54, 1.807) is 6.07 Å². The number of terminal acetylenes is 1. The van der Waals surface area contributed by atoms with Crippen LogP contribution in [-0.2, 0) is 0 Å². The summed E-state index contributed by atoms with van der Waals surface area (Å²) in [5.41, 5.74) is 0.908. The summed E-state index contributed by atoms with van der Waals surface area (Å²) in [5, 5.41) is 27.7. The van der Waals surface area contributed by atoms with Gasteiger partial charge in [-0.3, -0.25) is 0 Å². The molecule has 3 nitrogen and oxygen atoms in total. The highest BCUT2D eigenvalue weighted by molar-refractivity contribution is 6.89. The van der Waals surface area contributed by atoms with Crippen LogP contribution in [0.3, 0.4) is 0 Å². The Labute approximate surface area is 197 Å². The first-order valence-electron chi connectivity index (χ1n) is 10.5. The minimum atomic E-state index is -1.18. The Morgan fingerprint density at radius 1 is 0.812 bits per heavy atom. The van der Waals surface area contributed by atoms with Gasteiger partial charge in [0.25, 0.3) is 0 Å². The van der Waals surface area contributed by atoms with Crippen molar-refractivity contribution in [1.82, 2.24) is 0 Å². The fourth-order valence-electron chi connectivity index (χ4n) is 2.29. The van der Waals surface area contributed by atoms with Crippen LogP contribution >= 0.6 is 0 Å². The van der Waals surface area contributed by atoms with E-state index in [1.165, 1.54) is 30.3 Å². The highest BCUT2D eigenvalue weighted by Crippen LogP contribution is 2.06. The summed E-state index contributed by atoms with van der Waals surface area (Å²) in [6.07, 6.45) is 8.60. The molecule has 0 radical (unpaired) electrons. The van der Waals surface area contributed by atoms with Crippen LogP contribution in [0.25, 0.3) is 6.08 Å². The highest BCUT2D eigenvalue weighted by atomic mass is 28.3. The molecule has 0 amide bonds. The van der Waals surface area contributed by atoms with E-state index in [-0.39, 0.29) is 0 Å². The zero-order valence-corrected chi connectivity index (χ0v) is 22.7. The van der Waals surface area contributed by atoms with Crippen molar-refractivity contribution < 1.29 is 5.11 Å². The van der Waals surface area contributed by atoms with E-state index in [1.807, 2.05) is 24.3 Å². The Balaban J connectivity index is 0.000000487. The largest absolute Gasteiger partial charge is 0.376 e. The molecule has 0 spiro atoms. The predicted molar refractivity (Wildman–Crippen MR) is 143 cm³/mol. The molecule has 0 unspecified atom stereocenters. The van der Waals surface area contributed by atoms with Crippen molar-refractivity contribution in [2.24, 2.45) is 0 Å². The van der Waals surface area contributed by atoms with Gasteiger partial charge >= 0.3 is 0 Å². The standard InChI is InChI=1S/C12H15NSi.C11H14Si.C4H7NO/c1-14(2,3)12-8-6-11(7-9-12)5-4-10-13;1-5-10-6-8-11(9-7-10)12(2,3)4;1-4(2,6)3-5/h4-9H,1-3H3;1,6-9H,2-4H3;6H,1-2H3/b5-4+;;. The second-order valence-electron chi connectivity index (χ2n) is 9.98. The monoisotopic (exact) mass is 460 g/mol. The van der Waals surface area contributed by atoms with Gasteiger partial charge in [0.05, 0.1) is 28.3 Å². The number of hydrogen-bond donors (Lipinski definition) is 1. The normalized spacial score (nSPS) is 11.1. The topological polar surface area (TPSA) is 67.8 Å². The minimum Gasteiger partial charge on any atom is -0.376 e. The van der Waals surface area contributed by atoms with Gasteiger partial charge in [-0.05, 0) is 37.6 Å². The van der Waals surface area contributed by atoms with Gasteiger partial charge in [0.15, 0.2) is 0 Å². The summed E-state index contributed by atoms with van der Waals surface area (Å²) in [5.74, 6) is 2.62. The van der Waals surface area contributed by atoms with E-state index in [4.69, 9.17) is 22.1 Å². The quantitative estimate of drug-likeness (QED) is 0.294. The van der Waals surface area contributed by atoms with Crippen molar-refractivity contribution in [1.29, 1.82) is 10.5 Å². The number of rotatable bonds is 3. The van der Waals surface area contributed by atoms with Crippen LogP contribution in [0.4, 0.5) is 0 Å². The zero-order chi connectivity index (χ0) is 25.0. The Kier molecular flexibility index (Phi) is 11.7. The SMILES string of the molecule is C#Cc1ccc([Si](C)(C)C)cc1.CC(C)(O)C#N.C[Si](C)(C)c1ccc(/C=C/C#N)cc1. The predicted octanol–water partition coefficient (Wildman–Crippen LogP) is 5.26. The number of aliphatic hydroxyl groups is 1. The molecule has 0 aliphatic carbocycles. The lowest BCUT2D eigenvalue weighted by Gasteiger charge is -2.16. The number of benzene rings is 2. The molecular weight excluding hydrogens is 424 g/mol. The van der Waals surface area contributed by atoms with E-state index in [0.29, 0.717) is 0 Å². The molecular formula is C27H36N2OSi2. The number of nitrogens with zero attached hydrogens (tertiary/aromatic N) is 2. The molecule has 0 saturated heterocycles. The molecule has 0 heterocycles. The third-order valence-electron chi connectivity index (χ3n) is 4.32. The van der Waals surface area contributed by atoms with Gasteiger partial charge in [0, 0.05) is 11.6 Å². The molecule has 2 aromatic rings. The Morgan fingerprint density at radius 3 is 1.47 bits per heavy atom. The van der Waals surface area contributed by atoms with Gasteiger partial charge in [-0.1, -0.05) is 92.0 Å². The maximum atomic E-state index is 8.47. The Morgan fingerprint density at radius 2 is 1.19 bits per heavy atom. The maximum absolute atomic E-state index is 8.47. The molecule has 0 fully saturated rings. The number of hydrogen-bond acceptors (Lipinski definition) is 3. The summed E-state index contributed by atoms with van der Waals surface area (Å²) in [6, 6.07) is 20.5. The van der Waals surface area contributed by atoms with Crippen LogP contribution in [0.15, 0.2) is 54.6 Å². The molecule has 5 heteroatoms.